The molecule has 6 heteroatoms. The number of hydrogen-bond acceptors (Lipinski definition) is 4. The van der Waals surface area contributed by atoms with Gasteiger partial charge in [-0.15, -0.1) is 0 Å². The van der Waals surface area contributed by atoms with E-state index in [1.54, 1.807) is 17.2 Å². The van der Waals surface area contributed by atoms with Crippen LogP contribution in [0.5, 0.6) is 0 Å². The molecule has 82 valence electrons. The summed E-state index contributed by atoms with van der Waals surface area (Å²) >= 11 is 0. The van der Waals surface area contributed by atoms with Crippen molar-refractivity contribution in [2.75, 3.05) is 0 Å². The van der Waals surface area contributed by atoms with Crippen LogP contribution in [0.4, 0.5) is 0 Å². The van der Waals surface area contributed by atoms with E-state index in [1.807, 2.05) is 0 Å². The molecule has 3 aromatic heterocycles. The highest BCUT2D eigenvalue weighted by molar-refractivity contribution is 5.84. The topological polar surface area (TPSA) is 71.8 Å². The molecule has 0 aliphatic carbocycles. The van der Waals surface area contributed by atoms with Crippen molar-refractivity contribution in [3.8, 4) is 0 Å². The highest BCUT2D eigenvalue weighted by Crippen LogP contribution is 2.14. The minimum atomic E-state index is 0.714. The predicted molar refractivity (Wildman–Crippen MR) is 59.0 cm³/mol. The summed E-state index contributed by atoms with van der Waals surface area (Å²) in [6.45, 7) is 2.16. The summed E-state index contributed by atoms with van der Waals surface area (Å²) in [5, 5.41) is 4.20. The minimum absolute atomic E-state index is 0.714. The molecule has 3 rings (SSSR count). The first-order valence-corrected chi connectivity index (χ1v) is 5.42. The Morgan fingerprint density at radius 3 is 3.19 bits per heavy atom. The van der Waals surface area contributed by atoms with Gasteiger partial charge in [0.25, 0.3) is 0 Å². The van der Waals surface area contributed by atoms with Crippen LogP contribution in [0.25, 0.3) is 16.8 Å². The lowest BCUT2D eigenvalue weighted by molar-refractivity contribution is 0.718. The molecule has 16 heavy (non-hydrogen) atoms. The van der Waals surface area contributed by atoms with Crippen molar-refractivity contribution in [3.05, 3.63) is 18.5 Å². The number of nitrogens with zero attached hydrogens (tertiary/aromatic N) is 5. The Hall–Kier alpha value is -1.98. The van der Waals surface area contributed by atoms with Crippen molar-refractivity contribution in [2.45, 2.75) is 26.2 Å². The maximum absolute atomic E-state index is 4.49. The van der Waals surface area contributed by atoms with Gasteiger partial charge in [0.05, 0.1) is 6.33 Å². The highest BCUT2D eigenvalue weighted by atomic mass is 15.3. The third-order valence-corrected chi connectivity index (χ3v) is 2.62. The lowest BCUT2D eigenvalue weighted by Gasteiger charge is -2.02. The summed E-state index contributed by atoms with van der Waals surface area (Å²) in [6.07, 6.45) is 6.32. The third kappa shape index (κ3) is 1.26. The zero-order valence-corrected chi connectivity index (χ0v) is 9.01. The molecular weight excluding hydrogens is 204 g/mol. The van der Waals surface area contributed by atoms with E-state index in [9.17, 15) is 0 Å². The number of hydrogen-bond donors (Lipinski definition) is 1. The smallest absolute Gasteiger partial charge is 0.184 e. The minimum Gasteiger partial charge on any atom is -0.340 e. The average Bonchev–Trinajstić information content (AvgIpc) is 2.92. The van der Waals surface area contributed by atoms with Gasteiger partial charge in [-0.25, -0.2) is 15.0 Å². The van der Waals surface area contributed by atoms with E-state index in [0.29, 0.717) is 5.65 Å². The largest absolute Gasteiger partial charge is 0.340 e. The zero-order chi connectivity index (χ0) is 11.0. The molecule has 0 unspecified atom stereocenters. The molecule has 3 aromatic rings. The van der Waals surface area contributed by atoms with Crippen molar-refractivity contribution in [1.82, 2.24) is 29.5 Å². The maximum Gasteiger partial charge on any atom is 0.184 e. The second-order valence-corrected chi connectivity index (χ2v) is 3.73. The summed E-state index contributed by atoms with van der Waals surface area (Å²) in [4.78, 5) is 15.9. The number of aryl methyl sites for hydroxylation is 1. The van der Waals surface area contributed by atoms with Gasteiger partial charge in [0.15, 0.2) is 11.3 Å². The molecule has 0 radical (unpaired) electrons. The van der Waals surface area contributed by atoms with E-state index in [4.69, 9.17) is 0 Å². The van der Waals surface area contributed by atoms with E-state index < -0.39 is 0 Å². The van der Waals surface area contributed by atoms with Gasteiger partial charge < -0.3 is 4.98 Å². The summed E-state index contributed by atoms with van der Waals surface area (Å²) in [7, 11) is 0. The van der Waals surface area contributed by atoms with Crippen molar-refractivity contribution in [2.24, 2.45) is 0 Å². The van der Waals surface area contributed by atoms with Gasteiger partial charge >= 0.3 is 0 Å². The van der Waals surface area contributed by atoms with Crippen LogP contribution in [0.15, 0.2) is 12.7 Å². The molecule has 0 spiro atoms. The number of unbranched alkanes of at least 4 members (excludes halogenated alkanes) is 1. The Bertz CT molecular complexity index is 622. The first-order chi connectivity index (χ1) is 7.90. The lowest BCUT2D eigenvalue weighted by Crippen LogP contribution is -2.03. The monoisotopic (exact) mass is 216 g/mol. The van der Waals surface area contributed by atoms with Gasteiger partial charge in [-0.05, 0) is 6.42 Å². The van der Waals surface area contributed by atoms with Crippen LogP contribution < -0.4 is 0 Å². The zero-order valence-electron chi connectivity index (χ0n) is 9.01. The number of aromatic nitrogens is 6. The molecule has 0 saturated carbocycles. The Morgan fingerprint density at radius 2 is 2.31 bits per heavy atom. The van der Waals surface area contributed by atoms with Gasteiger partial charge in [-0.1, -0.05) is 13.3 Å². The van der Waals surface area contributed by atoms with Crippen molar-refractivity contribution >= 4 is 16.8 Å². The molecule has 0 fully saturated rings. The fourth-order valence-electron chi connectivity index (χ4n) is 1.80. The van der Waals surface area contributed by atoms with Gasteiger partial charge in [0.1, 0.15) is 17.7 Å². The quantitative estimate of drug-likeness (QED) is 0.717. The van der Waals surface area contributed by atoms with Crippen LogP contribution in [-0.2, 0) is 6.42 Å². The fraction of sp³-hybridized carbons (Fsp3) is 0.400. The maximum atomic E-state index is 4.49. The second kappa shape index (κ2) is 3.55. The molecule has 0 aromatic carbocycles. The normalized spacial score (nSPS) is 11.6. The van der Waals surface area contributed by atoms with Gasteiger partial charge in [-0.3, -0.25) is 0 Å². The fourth-order valence-corrected chi connectivity index (χ4v) is 1.80. The van der Waals surface area contributed by atoms with Crippen LogP contribution in [0.2, 0.25) is 0 Å². The highest BCUT2D eigenvalue weighted by Gasteiger charge is 2.10. The summed E-state index contributed by atoms with van der Waals surface area (Å²) in [6, 6.07) is 0. The van der Waals surface area contributed by atoms with Crippen molar-refractivity contribution in [1.29, 1.82) is 0 Å². The number of fused-ring (bicyclic) bond motifs is 3. The number of imidazole rings is 1. The Morgan fingerprint density at radius 1 is 1.38 bits per heavy atom. The molecule has 6 nitrogen and oxygen atoms in total. The van der Waals surface area contributed by atoms with Crippen LogP contribution in [-0.4, -0.2) is 29.5 Å². The van der Waals surface area contributed by atoms with Crippen molar-refractivity contribution in [3.63, 3.8) is 0 Å². The molecule has 0 bridgehead atoms. The summed E-state index contributed by atoms with van der Waals surface area (Å²) < 4.78 is 1.79. The standard InChI is InChI=1S/C10H12N6/c1-2-3-4-7-15-9-8(11-5-12-9)10-13-6-14-16(7)10/h5-6H,2-4H2,1H3,(H,11,12). The SMILES string of the molecule is CCCCc1nc2nc[nH]c2c2ncnn12. The molecule has 0 atom stereocenters. The number of rotatable bonds is 3. The first-order valence-electron chi connectivity index (χ1n) is 5.42. The van der Waals surface area contributed by atoms with E-state index in [0.717, 1.165) is 36.3 Å². The van der Waals surface area contributed by atoms with Crippen molar-refractivity contribution < 1.29 is 0 Å². The molecule has 0 aliphatic heterocycles. The van der Waals surface area contributed by atoms with Crippen LogP contribution in [0.1, 0.15) is 25.6 Å². The van der Waals surface area contributed by atoms with Crippen LogP contribution in [0.3, 0.4) is 0 Å². The van der Waals surface area contributed by atoms with E-state index in [-0.39, 0.29) is 0 Å². The summed E-state index contributed by atoms with van der Waals surface area (Å²) in [5.41, 5.74) is 2.36. The number of H-pyrrole nitrogens is 1. The third-order valence-electron chi connectivity index (χ3n) is 2.62. The van der Waals surface area contributed by atoms with Gasteiger partial charge in [0, 0.05) is 6.42 Å². The van der Waals surface area contributed by atoms with Crippen LogP contribution in [0, 0.1) is 0 Å². The molecular formula is C10H12N6. The Kier molecular flexibility index (Phi) is 2.05. The Labute approximate surface area is 91.7 Å². The molecule has 1 N–H and O–H groups in total. The van der Waals surface area contributed by atoms with E-state index in [2.05, 4.69) is 32.0 Å². The number of nitrogens with one attached hydrogen (secondary N) is 1. The lowest BCUT2D eigenvalue weighted by atomic mass is 10.2. The van der Waals surface area contributed by atoms with Gasteiger partial charge in [0.2, 0.25) is 0 Å². The molecule has 0 saturated heterocycles. The molecule has 0 aliphatic rings. The van der Waals surface area contributed by atoms with E-state index >= 15 is 0 Å². The summed E-state index contributed by atoms with van der Waals surface area (Å²) in [5.74, 6) is 0.925. The average molecular weight is 216 g/mol. The second-order valence-electron chi connectivity index (χ2n) is 3.73. The Balaban J connectivity index is 2.26. The predicted octanol–water partition coefficient (Wildman–Crippen LogP) is 1.34. The molecule has 3 heterocycles. The number of aromatic amines is 1. The van der Waals surface area contributed by atoms with Crippen LogP contribution >= 0.6 is 0 Å². The van der Waals surface area contributed by atoms with Gasteiger partial charge in [-0.2, -0.15) is 9.61 Å². The first kappa shape index (κ1) is 9.26. The molecule has 0 amide bonds. The van der Waals surface area contributed by atoms with E-state index in [1.165, 1.54) is 0 Å².